The van der Waals surface area contributed by atoms with Gasteiger partial charge in [-0.15, -0.1) is 0 Å². The Kier molecular flexibility index (Phi) is 3.80. The van der Waals surface area contributed by atoms with Crippen LogP contribution in [-0.2, 0) is 10.0 Å². The number of hydrogen-bond acceptors (Lipinski definition) is 4. The SMILES string of the molecule is CCS(=O)(=O)N1CCC2(CC1)C[C@@H]([C@@H]1c3ccccc3-c3cncn31)[C@@H]2O. The van der Waals surface area contributed by atoms with E-state index in [0.29, 0.717) is 13.1 Å². The predicted molar refractivity (Wildman–Crippen MR) is 103 cm³/mol. The van der Waals surface area contributed by atoms with Crippen LogP contribution in [0.5, 0.6) is 0 Å². The summed E-state index contributed by atoms with van der Waals surface area (Å²) in [4.78, 5) is 4.32. The van der Waals surface area contributed by atoms with E-state index in [1.165, 1.54) is 11.1 Å². The first kappa shape index (κ1) is 17.4. The summed E-state index contributed by atoms with van der Waals surface area (Å²) >= 11 is 0. The minimum Gasteiger partial charge on any atom is -0.392 e. The molecule has 3 aliphatic rings. The van der Waals surface area contributed by atoms with Crippen LogP contribution >= 0.6 is 0 Å². The molecule has 0 amide bonds. The standard InChI is InChI=1S/C20H25N3O3S/c1-2-27(25,26)22-9-7-20(8-10-22)11-16(19(20)24)18-15-6-4-3-5-14(15)17-12-21-13-23(17)18/h3-6,12-13,16,18-19,24H,2,7-11H2,1H3/t16-,18-,19-/m0/s1. The Balaban J connectivity index is 1.37. The number of aliphatic hydroxyl groups excluding tert-OH is 1. The van der Waals surface area contributed by atoms with E-state index in [4.69, 9.17) is 0 Å². The number of benzene rings is 1. The molecule has 2 aliphatic heterocycles. The lowest BCUT2D eigenvalue weighted by atomic mass is 9.53. The lowest BCUT2D eigenvalue weighted by Gasteiger charge is -2.57. The lowest BCUT2D eigenvalue weighted by molar-refractivity contribution is -0.152. The summed E-state index contributed by atoms with van der Waals surface area (Å²) in [5.41, 5.74) is 3.45. The molecular formula is C20H25N3O3S. The van der Waals surface area contributed by atoms with Crippen LogP contribution in [0, 0.1) is 11.3 Å². The minimum absolute atomic E-state index is 0.122. The Morgan fingerprint density at radius 2 is 2.00 bits per heavy atom. The quantitative estimate of drug-likeness (QED) is 0.877. The Bertz CT molecular complexity index is 976. The second-order valence-electron chi connectivity index (χ2n) is 8.19. The third-order valence-electron chi connectivity index (χ3n) is 7.08. The number of aromatic nitrogens is 2. The number of hydrogen-bond donors (Lipinski definition) is 1. The Morgan fingerprint density at radius 1 is 1.26 bits per heavy atom. The molecule has 1 N–H and O–H groups in total. The molecule has 5 rings (SSSR count). The molecular weight excluding hydrogens is 362 g/mol. The van der Waals surface area contributed by atoms with E-state index >= 15 is 0 Å². The highest BCUT2D eigenvalue weighted by molar-refractivity contribution is 7.89. The first-order valence-corrected chi connectivity index (χ1v) is 11.3. The van der Waals surface area contributed by atoms with Gasteiger partial charge in [0.05, 0.1) is 36.1 Å². The molecule has 1 aromatic heterocycles. The van der Waals surface area contributed by atoms with Gasteiger partial charge in [0.2, 0.25) is 10.0 Å². The first-order valence-electron chi connectivity index (χ1n) is 9.74. The van der Waals surface area contributed by atoms with Gasteiger partial charge in [0.15, 0.2) is 0 Å². The second-order valence-corrected chi connectivity index (χ2v) is 10.5. The fourth-order valence-corrected chi connectivity index (χ4v) is 6.59. The topological polar surface area (TPSA) is 75.4 Å². The fourth-order valence-electron chi connectivity index (χ4n) is 5.48. The van der Waals surface area contributed by atoms with Crippen molar-refractivity contribution in [2.75, 3.05) is 18.8 Å². The normalized spacial score (nSPS) is 29.3. The molecule has 1 spiro atoms. The summed E-state index contributed by atoms with van der Waals surface area (Å²) in [6, 6.07) is 8.50. The van der Waals surface area contributed by atoms with Gasteiger partial charge in [-0.2, -0.15) is 0 Å². The van der Waals surface area contributed by atoms with E-state index < -0.39 is 16.1 Å². The highest BCUT2D eigenvalue weighted by Gasteiger charge is 2.58. The summed E-state index contributed by atoms with van der Waals surface area (Å²) in [5.74, 6) is 0.295. The number of piperidine rings is 1. The molecule has 27 heavy (non-hydrogen) atoms. The highest BCUT2D eigenvalue weighted by Crippen LogP contribution is 2.59. The zero-order chi connectivity index (χ0) is 18.8. The van der Waals surface area contributed by atoms with Gasteiger partial charge >= 0.3 is 0 Å². The molecule has 2 fully saturated rings. The van der Waals surface area contributed by atoms with E-state index in [1.54, 1.807) is 11.2 Å². The Morgan fingerprint density at radius 3 is 2.70 bits per heavy atom. The molecule has 3 atom stereocenters. The van der Waals surface area contributed by atoms with Gasteiger partial charge in [0.1, 0.15) is 0 Å². The molecule has 3 heterocycles. The predicted octanol–water partition coefficient (Wildman–Crippen LogP) is 2.27. The summed E-state index contributed by atoms with van der Waals surface area (Å²) in [5, 5.41) is 11.2. The smallest absolute Gasteiger partial charge is 0.213 e. The summed E-state index contributed by atoms with van der Waals surface area (Å²) in [6.45, 7) is 2.74. The van der Waals surface area contributed by atoms with Crippen molar-refractivity contribution in [1.29, 1.82) is 0 Å². The van der Waals surface area contributed by atoms with Crippen LogP contribution in [-0.4, -0.2) is 52.3 Å². The van der Waals surface area contributed by atoms with Gasteiger partial charge in [0, 0.05) is 24.6 Å². The second kappa shape index (κ2) is 5.90. The van der Waals surface area contributed by atoms with Crippen molar-refractivity contribution < 1.29 is 13.5 Å². The number of sulfonamides is 1. The molecule has 7 heteroatoms. The number of fused-ring (bicyclic) bond motifs is 3. The molecule has 0 radical (unpaired) electrons. The van der Waals surface area contributed by atoms with E-state index in [1.807, 2.05) is 18.6 Å². The van der Waals surface area contributed by atoms with E-state index in [9.17, 15) is 13.5 Å². The van der Waals surface area contributed by atoms with Crippen molar-refractivity contribution in [1.82, 2.24) is 13.9 Å². The molecule has 6 nitrogen and oxygen atoms in total. The lowest BCUT2D eigenvalue weighted by Crippen LogP contribution is -2.59. The Hall–Kier alpha value is -1.70. The number of imidazole rings is 1. The van der Waals surface area contributed by atoms with Crippen LogP contribution < -0.4 is 0 Å². The van der Waals surface area contributed by atoms with Crippen LogP contribution in [0.2, 0.25) is 0 Å². The van der Waals surface area contributed by atoms with Gasteiger partial charge < -0.3 is 9.67 Å². The van der Waals surface area contributed by atoms with Gasteiger partial charge in [-0.3, -0.25) is 0 Å². The maximum atomic E-state index is 12.1. The van der Waals surface area contributed by atoms with Crippen molar-refractivity contribution in [2.45, 2.75) is 38.3 Å². The number of aliphatic hydroxyl groups is 1. The van der Waals surface area contributed by atoms with E-state index in [-0.39, 0.29) is 23.1 Å². The van der Waals surface area contributed by atoms with Gasteiger partial charge in [-0.05, 0) is 37.2 Å². The molecule has 2 aromatic rings. The van der Waals surface area contributed by atoms with Crippen molar-refractivity contribution in [2.24, 2.45) is 11.3 Å². The van der Waals surface area contributed by atoms with Gasteiger partial charge in [-0.25, -0.2) is 17.7 Å². The minimum atomic E-state index is -3.14. The molecule has 0 bridgehead atoms. The van der Waals surface area contributed by atoms with Crippen LogP contribution in [0.25, 0.3) is 11.3 Å². The van der Waals surface area contributed by atoms with Crippen molar-refractivity contribution in [3.8, 4) is 11.3 Å². The molecule has 1 aliphatic carbocycles. The number of rotatable bonds is 3. The van der Waals surface area contributed by atoms with E-state index in [2.05, 4.69) is 27.8 Å². The van der Waals surface area contributed by atoms with Gasteiger partial charge in [-0.1, -0.05) is 24.3 Å². The zero-order valence-corrected chi connectivity index (χ0v) is 16.3. The first-order chi connectivity index (χ1) is 13.0. The zero-order valence-electron chi connectivity index (χ0n) is 15.5. The van der Waals surface area contributed by atoms with Crippen LogP contribution in [0.1, 0.15) is 37.8 Å². The molecule has 1 saturated carbocycles. The molecule has 144 valence electrons. The van der Waals surface area contributed by atoms with E-state index in [0.717, 1.165) is 25.0 Å². The third-order valence-corrected chi connectivity index (χ3v) is 8.96. The van der Waals surface area contributed by atoms with Crippen LogP contribution in [0.3, 0.4) is 0 Å². The maximum absolute atomic E-state index is 12.1. The summed E-state index contributed by atoms with van der Waals surface area (Å²) in [6.07, 6.45) is 5.78. The van der Waals surface area contributed by atoms with Crippen molar-refractivity contribution in [3.63, 3.8) is 0 Å². The van der Waals surface area contributed by atoms with Crippen LogP contribution in [0.15, 0.2) is 36.8 Å². The summed E-state index contributed by atoms with van der Waals surface area (Å²) in [7, 11) is -3.14. The van der Waals surface area contributed by atoms with Crippen LogP contribution in [0.4, 0.5) is 0 Å². The molecule has 1 saturated heterocycles. The molecule has 1 aromatic carbocycles. The summed E-state index contributed by atoms with van der Waals surface area (Å²) < 4.78 is 28.0. The number of nitrogens with zero attached hydrogens (tertiary/aromatic N) is 3. The maximum Gasteiger partial charge on any atom is 0.213 e. The fraction of sp³-hybridized carbons (Fsp3) is 0.550. The monoisotopic (exact) mass is 387 g/mol. The average molecular weight is 388 g/mol. The largest absolute Gasteiger partial charge is 0.392 e. The van der Waals surface area contributed by atoms with Gasteiger partial charge in [0.25, 0.3) is 0 Å². The molecule has 0 unspecified atom stereocenters. The van der Waals surface area contributed by atoms with Crippen molar-refractivity contribution >= 4 is 10.0 Å². The average Bonchev–Trinajstić information content (AvgIpc) is 3.27. The van der Waals surface area contributed by atoms with Crippen molar-refractivity contribution in [3.05, 3.63) is 42.4 Å². The highest BCUT2D eigenvalue weighted by atomic mass is 32.2. The Labute approximate surface area is 159 Å². The third kappa shape index (κ3) is 2.38.